The molecule has 3 rings (SSSR count). The van der Waals surface area contributed by atoms with Gasteiger partial charge < -0.3 is 0 Å². The molecule has 3 aromatic rings. The van der Waals surface area contributed by atoms with Crippen LogP contribution in [-0.2, 0) is 7.05 Å². The molecule has 0 bridgehead atoms. The molecule has 0 aliphatic rings. The van der Waals surface area contributed by atoms with Crippen molar-refractivity contribution in [3.8, 4) is 10.6 Å². The third-order valence-electron chi connectivity index (χ3n) is 2.80. The van der Waals surface area contributed by atoms with Gasteiger partial charge in [-0.05, 0) is 17.5 Å². The Labute approximate surface area is 106 Å². The fourth-order valence-corrected chi connectivity index (χ4v) is 2.69. The zero-order valence-corrected chi connectivity index (χ0v) is 10.3. The Bertz CT molecular complexity index is 731. The summed E-state index contributed by atoms with van der Waals surface area (Å²) in [5, 5.41) is 18.0. The Kier molecular flexibility index (Phi) is 2.38. The SMILES string of the molecule is Cn1nc(-c2cccs2)c2cc([N+](=O)[O-])ccc21. The minimum Gasteiger partial charge on any atom is -0.267 e. The summed E-state index contributed by atoms with van der Waals surface area (Å²) >= 11 is 1.57. The number of aromatic nitrogens is 2. The van der Waals surface area contributed by atoms with Crippen LogP contribution in [0.2, 0.25) is 0 Å². The van der Waals surface area contributed by atoms with Gasteiger partial charge in [-0.15, -0.1) is 11.3 Å². The van der Waals surface area contributed by atoms with E-state index in [1.54, 1.807) is 28.2 Å². The van der Waals surface area contributed by atoms with Gasteiger partial charge in [-0.2, -0.15) is 5.10 Å². The molecule has 0 saturated carbocycles. The number of fused-ring (bicyclic) bond motifs is 1. The maximum Gasteiger partial charge on any atom is 0.270 e. The Hall–Kier alpha value is -2.21. The molecule has 6 heteroatoms. The molecule has 0 N–H and O–H groups in total. The molecule has 1 aromatic carbocycles. The second-order valence-corrected chi connectivity index (χ2v) is 4.86. The molecule has 5 nitrogen and oxygen atoms in total. The summed E-state index contributed by atoms with van der Waals surface area (Å²) in [5.41, 5.74) is 1.78. The van der Waals surface area contributed by atoms with Crippen LogP contribution < -0.4 is 0 Å². The van der Waals surface area contributed by atoms with E-state index in [1.165, 1.54) is 6.07 Å². The molecular formula is C12H9N3O2S. The molecule has 0 atom stereocenters. The summed E-state index contributed by atoms with van der Waals surface area (Å²) in [4.78, 5) is 11.5. The first kappa shape index (κ1) is 10.9. The fraction of sp³-hybridized carbons (Fsp3) is 0.0833. The molecular weight excluding hydrogens is 250 g/mol. The van der Waals surface area contributed by atoms with Crippen LogP contribution >= 0.6 is 11.3 Å². The molecule has 2 aromatic heterocycles. The number of benzene rings is 1. The lowest BCUT2D eigenvalue weighted by Gasteiger charge is -1.94. The summed E-state index contributed by atoms with van der Waals surface area (Å²) in [6, 6.07) is 8.72. The van der Waals surface area contributed by atoms with Gasteiger partial charge in [0, 0.05) is 24.6 Å². The lowest BCUT2D eigenvalue weighted by atomic mass is 10.1. The van der Waals surface area contributed by atoms with Gasteiger partial charge in [-0.25, -0.2) is 0 Å². The predicted molar refractivity (Wildman–Crippen MR) is 70.7 cm³/mol. The molecule has 0 spiro atoms. The van der Waals surface area contributed by atoms with Crippen LogP contribution in [0.25, 0.3) is 21.5 Å². The van der Waals surface area contributed by atoms with Crippen LogP contribution in [0.3, 0.4) is 0 Å². The van der Waals surface area contributed by atoms with Crippen LogP contribution in [0, 0.1) is 10.1 Å². The normalized spacial score (nSPS) is 10.9. The minimum atomic E-state index is -0.384. The first-order valence-electron chi connectivity index (χ1n) is 5.32. The number of nitro groups is 1. The van der Waals surface area contributed by atoms with Crippen LogP contribution in [0.5, 0.6) is 0 Å². The monoisotopic (exact) mass is 259 g/mol. The summed E-state index contributed by atoms with van der Waals surface area (Å²) in [5.74, 6) is 0. The third-order valence-corrected chi connectivity index (χ3v) is 3.68. The van der Waals surface area contributed by atoms with Crippen LogP contribution in [0.15, 0.2) is 35.7 Å². The first-order valence-corrected chi connectivity index (χ1v) is 6.20. The van der Waals surface area contributed by atoms with Crippen molar-refractivity contribution in [2.24, 2.45) is 7.05 Å². The molecule has 0 aliphatic carbocycles. The van der Waals surface area contributed by atoms with Crippen LogP contribution in [-0.4, -0.2) is 14.7 Å². The van der Waals surface area contributed by atoms with E-state index in [1.807, 2.05) is 24.6 Å². The number of hydrogen-bond acceptors (Lipinski definition) is 4. The number of hydrogen-bond donors (Lipinski definition) is 0. The largest absolute Gasteiger partial charge is 0.270 e. The topological polar surface area (TPSA) is 61.0 Å². The molecule has 18 heavy (non-hydrogen) atoms. The molecule has 0 saturated heterocycles. The first-order chi connectivity index (χ1) is 8.66. The number of nitrogens with zero attached hydrogens (tertiary/aromatic N) is 3. The maximum atomic E-state index is 10.8. The average molecular weight is 259 g/mol. The van der Waals surface area contributed by atoms with Crippen molar-refractivity contribution >= 4 is 27.9 Å². The van der Waals surface area contributed by atoms with Gasteiger partial charge in [0.15, 0.2) is 0 Å². The lowest BCUT2D eigenvalue weighted by Crippen LogP contribution is -1.90. The highest BCUT2D eigenvalue weighted by Gasteiger charge is 2.15. The minimum absolute atomic E-state index is 0.0910. The smallest absolute Gasteiger partial charge is 0.267 e. The third kappa shape index (κ3) is 1.58. The number of thiophene rings is 1. The van der Waals surface area contributed by atoms with Gasteiger partial charge in [0.1, 0.15) is 5.69 Å². The van der Waals surface area contributed by atoms with E-state index in [-0.39, 0.29) is 10.6 Å². The van der Waals surface area contributed by atoms with Crippen molar-refractivity contribution in [2.75, 3.05) is 0 Å². The fourth-order valence-electron chi connectivity index (χ4n) is 1.96. The molecule has 0 radical (unpaired) electrons. The number of rotatable bonds is 2. The van der Waals surface area contributed by atoms with Crippen LogP contribution in [0.1, 0.15) is 0 Å². The molecule has 2 heterocycles. The average Bonchev–Trinajstić information content (AvgIpc) is 2.97. The Morgan fingerprint density at radius 1 is 1.39 bits per heavy atom. The number of non-ortho nitro benzene ring substituents is 1. The summed E-state index contributed by atoms with van der Waals surface area (Å²) < 4.78 is 1.74. The van der Waals surface area contributed by atoms with E-state index in [9.17, 15) is 10.1 Å². The van der Waals surface area contributed by atoms with Gasteiger partial charge in [0.2, 0.25) is 0 Å². The van der Waals surface area contributed by atoms with Gasteiger partial charge in [0.05, 0.1) is 15.3 Å². The quantitative estimate of drug-likeness (QED) is 0.524. The highest BCUT2D eigenvalue weighted by atomic mass is 32.1. The van der Waals surface area contributed by atoms with E-state index >= 15 is 0 Å². The van der Waals surface area contributed by atoms with E-state index in [4.69, 9.17) is 0 Å². The summed E-state index contributed by atoms with van der Waals surface area (Å²) in [6.45, 7) is 0. The molecule has 0 fully saturated rings. The van der Waals surface area contributed by atoms with Crippen molar-refractivity contribution < 1.29 is 4.92 Å². The van der Waals surface area contributed by atoms with E-state index in [0.29, 0.717) is 0 Å². The zero-order valence-electron chi connectivity index (χ0n) is 9.53. The van der Waals surface area contributed by atoms with Gasteiger partial charge >= 0.3 is 0 Å². The summed E-state index contributed by atoms with van der Waals surface area (Å²) in [6.07, 6.45) is 0. The van der Waals surface area contributed by atoms with E-state index in [0.717, 1.165) is 21.5 Å². The number of aryl methyl sites for hydroxylation is 1. The molecule has 0 aliphatic heterocycles. The van der Waals surface area contributed by atoms with Crippen LogP contribution in [0.4, 0.5) is 5.69 Å². The van der Waals surface area contributed by atoms with Gasteiger partial charge in [0.25, 0.3) is 5.69 Å². The van der Waals surface area contributed by atoms with E-state index in [2.05, 4.69) is 5.10 Å². The Morgan fingerprint density at radius 2 is 2.22 bits per heavy atom. The summed E-state index contributed by atoms with van der Waals surface area (Å²) in [7, 11) is 1.84. The van der Waals surface area contributed by atoms with Crippen molar-refractivity contribution in [1.82, 2.24) is 9.78 Å². The second kappa shape index (κ2) is 3.92. The predicted octanol–water partition coefficient (Wildman–Crippen LogP) is 3.21. The van der Waals surface area contributed by atoms with Crippen molar-refractivity contribution in [1.29, 1.82) is 0 Å². The molecule has 0 unspecified atom stereocenters. The highest BCUT2D eigenvalue weighted by Crippen LogP contribution is 2.32. The number of nitro benzene ring substituents is 1. The van der Waals surface area contributed by atoms with Crippen molar-refractivity contribution in [2.45, 2.75) is 0 Å². The van der Waals surface area contributed by atoms with E-state index < -0.39 is 0 Å². The Balaban J connectivity index is 2.32. The lowest BCUT2D eigenvalue weighted by molar-refractivity contribution is -0.384. The maximum absolute atomic E-state index is 10.8. The molecule has 90 valence electrons. The second-order valence-electron chi connectivity index (χ2n) is 3.91. The highest BCUT2D eigenvalue weighted by molar-refractivity contribution is 7.13. The van der Waals surface area contributed by atoms with Gasteiger partial charge in [-0.3, -0.25) is 14.8 Å². The van der Waals surface area contributed by atoms with Crippen molar-refractivity contribution in [3.05, 3.63) is 45.8 Å². The Morgan fingerprint density at radius 3 is 2.89 bits per heavy atom. The van der Waals surface area contributed by atoms with Crippen molar-refractivity contribution in [3.63, 3.8) is 0 Å². The molecule has 0 amide bonds. The standard InChI is InChI=1S/C12H9N3O2S/c1-14-10-5-4-8(15(16)17)7-9(10)12(13-14)11-3-2-6-18-11/h2-7H,1H3. The van der Waals surface area contributed by atoms with Gasteiger partial charge in [-0.1, -0.05) is 6.07 Å². The zero-order chi connectivity index (χ0) is 12.7.